The van der Waals surface area contributed by atoms with E-state index in [1.54, 1.807) is 0 Å². The maximum atomic E-state index is 4.45. The van der Waals surface area contributed by atoms with Crippen molar-refractivity contribution in [3.8, 4) is 0 Å². The zero-order valence-corrected chi connectivity index (χ0v) is 16.2. The second kappa shape index (κ2) is 8.63. The first kappa shape index (κ1) is 18.2. The van der Waals surface area contributed by atoms with Crippen LogP contribution in [-0.2, 0) is 6.54 Å². The number of aliphatic imine (C=N–C) groups is 1. The number of likely N-dealkylation sites (tertiary alicyclic amines) is 1. The number of nitrogens with zero attached hydrogens (tertiary/aromatic N) is 4. The first-order chi connectivity index (χ1) is 10.8. The molecule has 126 valence electrons. The number of nitrogens with one attached hydrogen (secondary N) is 1. The van der Waals surface area contributed by atoms with Gasteiger partial charge in [-0.2, -0.15) is 0 Å². The quantitative estimate of drug-likeness (QED) is 0.347. The minimum Gasteiger partial charge on any atom is -0.351 e. The average molecular weight is 427 g/mol. The van der Waals surface area contributed by atoms with E-state index in [1.165, 1.54) is 12.0 Å². The third-order valence-electron chi connectivity index (χ3n) is 4.57. The fraction of sp³-hybridized carbons (Fsp3) is 0.529. The Labute approximate surface area is 155 Å². The predicted molar refractivity (Wildman–Crippen MR) is 105 cm³/mol. The molecule has 0 aliphatic carbocycles. The molecule has 0 saturated carbocycles. The van der Waals surface area contributed by atoms with Gasteiger partial charge in [-0.25, -0.2) is 0 Å². The molecule has 0 spiro atoms. The van der Waals surface area contributed by atoms with E-state index in [1.807, 2.05) is 19.3 Å². The zero-order valence-electron chi connectivity index (χ0n) is 13.9. The second-order valence-corrected chi connectivity index (χ2v) is 5.98. The van der Waals surface area contributed by atoms with Crippen molar-refractivity contribution in [2.45, 2.75) is 25.9 Å². The Morgan fingerprint density at radius 3 is 2.87 bits per heavy atom. The monoisotopic (exact) mass is 427 g/mol. The first-order valence-electron chi connectivity index (χ1n) is 8.03. The van der Waals surface area contributed by atoms with E-state index >= 15 is 0 Å². The molecule has 0 bridgehead atoms. The Morgan fingerprint density at radius 2 is 2.17 bits per heavy atom. The number of hydrogen-bond acceptors (Lipinski definition) is 3. The summed E-state index contributed by atoms with van der Waals surface area (Å²) in [4.78, 5) is 13.8. The molecule has 3 rings (SSSR count). The van der Waals surface area contributed by atoms with Crippen molar-refractivity contribution in [1.29, 1.82) is 0 Å². The van der Waals surface area contributed by atoms with E-state index in [0.717, 1.165) is 44.4 Å². The highest BCUT2D eigenvalue weighted by atomic mass is 127. The molecule has 0 aromatic carbocycles. The molecule has 1 unspecified atom stereocenters. The number of aryl methyl sites for hydroxylation is 1. The number of halogens is 1. The van der Waals surface area contributed by atoms with E-state index in [0.29, 0.717) is 6.04 Å². The lowest BCUT2D eigenvalue weighted by molar-refractivity contribution is 0.259. The third-order valence-corrected chi connectivity index (χ3v) is 4.57. The fourth-order valence-electron chi connectivity index (χ4n) is 3.22. The average Bonchev–Trinajstić information content (AvgIpc) is 3.20. The molecule has 1 atom stereocenters. The van der Waals surface area contributed by atoms with Crippen molar-refractivity contribution in [2.24, 2.45) is 4.99 Å². The number of aromatic nitrogens is 1. The molecule has 23 heavy (non-hydrogen) atoms. The van der Waals surface area contributed by atoms with Gasteiger partial charge in [-0.05, 0) is 25.0 Å². The lowest BCUT2D eigenvalue weighted by Gasteiger charge is -2.25. The Kier molecular flexibility index (Phi) is 6.83. The van der Waals surface area contributed by atoms with Gasteiger partial charge in [0.2, 0.25) is 0 Å². The third kappa shape index (κ3) is 4.44. The summed E-state index contributed by atoms with van der Waals surface area (Å²) in [5.74, 6) is 0.986. The van der Waals surface area contributed by atoms with E-state index < -0.39 is 0 Å². The van der Waals surface area contributed by atoms with Gasteiger partial charge in [0.05, 0.1) is 12.2 Å². The Hall–Kier alpha value is -1.15. The van der Waals surface area contributed by atoms with Gasteiger partial charge < -0.3 is 10.2 Å². The minimum absolute atomic E-state index is 0. The van der Waals surface area contributed by atoms with Crippen LogP contribution in [0.4, 0.5) is 0 Å². The maximum absolute atomic E-state index is 4.45. The van der Waals surface area contributed by atoms with Crippen LogP contribution in [0.3, 0.4) is 0 Å². The van der Waals surface area contributed by atoms with Gasteiger partial charge in [0.1, 0.15) is 0 Å². The molecule has 1 fully saturated rings. The van der Waals surface area contributed by atoms with Gasteiger partial charge in [0.25, 0.3) is 0 Å². The normalized spacial score (nSPS) is 21.6. The van der Waals surface area contributed by atoms with Gasteiger partial charge >= 0.3 is 0 Å². The summed E-state index contributed by atoms with van der Waals surface area (Å²) < 4.78 is 0. The van der Waals surface area contributed by atoms with E-state index in [9.17, 15) is 0 Å². The van der Waals surface area contributed by atoms with Crippen LogP contribution in [0.25, 0.3) is 0 Å². The van der Waals surface area contributed by atoms with Crippen LogP contribution in [-0.4, -0.2) is 60.0 Å². The molecule has 1 aromatic rings. The highest BCUT2D eigenvalue weighted by molar-refractivity contribution is 14.0. The fourth-order valence-corrected chi connectivity index (χ4v) is 3.22. The summed E-state index contributed by atoms with van der Waals surface area (Å²) in [5, 5.41) is 3.46. The van der Waals surface area contributed by atoms with Crippen molar-refractivity contribution in [3.63, 3.8) is 0 Å². The second-order valence-electron chi connectivity index (χ2n) is 5.98. The molecule has 1 saturated heterocycles. The van der Waals surface area contributed by atoms with Crippen LogP contribution >= 0.6 is 24.0 Å². The van der Waals surface area contributed by atoms with Crippen LogP contribution in [0, 0.1) is 6.92 Å². The molecule has 0 amide bonds. The topological polar surface area (TPSA) is 43.8 Å². The molecule has 1 N–H and O–H groups in total. The number of hydrogen-bond donors (Lipinski definition) is 1. The highest BCUT2D eigenvalue weighted by Crippen LogP contribution is 2.18. The summed E-state index contributed by atoms with van der Waals surface area (Å²) in [6.45, 7) is 7.14. The summed E-state index contributed by atoms with van der Waals surface area (Å²) in [5.41, 5.74) is 2.30. The molecule has 2 aliphatic heterocycles. The summed E-state index contributed by atoms with van der Waals surface area (Å²) >= 11 is 0. The predicted octanol–water partition coefficient (Wildman–Crippen LogP) is 2.03. The smallest absolute Gasteiger partial charge is 0.194 e. The molecular weight excluding hydrogens is 401 g/mol. The lowest BCUT2D eigenvalue weighted by Crippen LogP contribution is -2.42. The lowest BCUT2D eigenvalue weighted by atomic mass is 10.2. The van der Waals surface area contributed by atoms with E-state index in [-0.39, 0.29) is 24.0 Å². The van der Waals surface area contributed by atoms with Crippen LogP contribution < -0.4 is 5.32 Å². The van der Waals surface area contributed by atoms with E-state index in [4.69, 9.17) is 0 Å². The van der Waals surface area contributed by atoms with Crippen LogP contribution in [0.15, 0.2) is 35.5 Å². The molecule has 3 heterocycles. The number of pyridine rings is 1. The van der Waals surface area contributed by atoms with Crippen LogP contribution in [0.1, 0.15) is 17.7 Å². The van der Waals surface area contributed by atoms with Gasteiger partial charge in [0.15, 0.2) is 5.96 Å². The van der Waals surface area contributed by atoms with Crippen molar-refractivity contribution in [1.82, 2.24) is 20.1 Å². The van der Waals surface area contributed by atoms with Gasteiger partial charge in [-0.3, -0.25) is 14.9 Å². The van der Waals surface area contributed by atoms with Gasteiger partial charge in [-0.1, -0.05) is 18.2 Å². The molecule has 6 heteroatoms. The van der Waals surface area contributed by atoms with Gasteiger partial charge in [-0.15, -0.1) is 24.0 Å². The molecule has 2 aliphatic rings. The summed E-state index contributed by atoms with van der Waals surface area (Å²) in [7, 11) is 1.86. The summed E-state index contributed by atoms with van der Waals surface area (Å²) in [6.07, 6.45) is 7.59. The van der Waals surface area contributed by atoms with Gasteiger partial charge in [0, 0.05) is 45.5 Å². The minimum atomic E-state index is 0. The van der Waals surface area contributed by atoms with Crippen molar-refractivity contribution < 1.29 is 0 Å². The summed E-state index contributed by atoms with van der Waals surface area (Å²) in [6, 6.07) is 4.71. The number of rotatable bonds is 3. The van der Waals surface area contributed by atoms with Crippen molar-refractivity contribution in [2.75, 3.05) is 33.2 Å². The maximum Gasteiger partial charge on any atom is 0.194 e. The van der Waals surface area contributed by atoms with E-state index in [2.05, 4.69) is 50.2 Å². The Bertz CT molecular complexity index is 564. The van der Waals surface area contributed by atoms with Crippen LogP contribution in [0.5, 0.6) is 0 Å². The molecule has 0 radical (unpaired) electrons. The zero-order chi connectivity index (χ0) is 15.4. The van der Waals surface area contributed by atoms with Crippen molar-refractivity contribution >= 4 is 29.9 Å². The van der Waals surface area contributed by atoms with Crippen molar-refractivity contribution in [3.05, 3.63) is 41.7 Å². The SMILES string of the molecule is CN=C(NCc1ncccc1C)N1CCC(N2CC=CC2)C1.I. The number of guanidine groups is 1. The first-order valence-corrected chi connectivity index (χ1v) is 8.03. The van der Waals surface area contributed by atoms with Crippen LogP contribution in [0.2, 0.25) is 0 Å². The molecular formula is C17H26IN5. The Balaban J connectivity index is 0.00000192. The molecule has 5 nitrogen and oxygen atoms in total. The molecule has 1 aromatic heterocycles. The Morgan fingerprint density at radius 1 is 1.39 bits per heavy atom. The highest BCUT2D eigenvalue weighted by Gasteiger charge is 2.29. The largest absolute Gasteiger partial charge is 0.351 e. The standard InChI is InChI=1S/C17H25N5.HI/c1-14-6-5-8-19-16(14)12-20-17(18-2)22-11-7-15(13-22)21-9-3-4-10-21;/h3-6,8,15H,7,9-13H2,1-2H3,(H,18,20);1H.